The maximum Gasteiger partial charge on any atom is 0.252 e. The third kappa shape index (κ3) is 5.71. The summed E-state index contributed by atoms with van der Waals surface area (Å²) in [5.74, 6) is 3.23. The summed E-state index contributed by atoms with van der Waals surface area (Å²) in [5, 5.41) is 13.6. The molecule has 0 spiro atoms. The molecule has 0 radical (unpaired) electrons. The number of fused-ring (bicyclic) bond motifs is 1. The molecule has 6 rings (SSSR count). The fourth-order valence-corrected chi connectivity index (χ4v) is 5.46. The lowest BCUT2D eigenvalue weighted by Gasteiger charge is -2.28. The van der Waals surface area contributed by atoms with E-state index in [0.717, 1.165) is 34.4 Å². The number of hydrogen-bond donors (Lipinski definition) is 1. The first-order chi connectivity index (χ1) is 20.3. The van der Waals surface area contributed by atoms with Crippen LogP contribution in [0.1, 0.15) is 55.0 Å². The number of nitrogens with zero attached hydrogens (tertiary/aromatic N) is 5. The van der Waals surface area contributed by atoms with E-state index in [4.69, 9.17) is 35.1 Å². The van der Waals surface area contributed by atoms with Crippen molar-refractivity contribution in [3.05, 3.63) is 75.8 Å². The van der Waals surface area contributed by atoms with Crippen LogP contribution in [0.4, 0.5) is 17.5 Å². The third-order valence-electron chi connectivity index (χ3n) is 7.60. The molecule has 1 unspecified atom stereocenters. The predicted molar refractivity (Wildman–Crippen MR) is 165 cm³/mol. The molecule has 0 bridgehead atoms. The van der Waals surface area contributed by atoms with Gasteiger partial charge in [0.1, 0.15) is 11.6 Å². The summed E-state index contributed by atoms with van der Waals surface area (Å²) in [7, 11) is 0. The fourth-order valence-electron chi connectivity index (χ4n) is 5.28. The van der Waals surface area contributed by atoms with Gasteiger partial charge in [-0.05, 0) is 61.9 Å². The van der Waals surface area contributed by atoms with Crippen LogP contribution in [-0.4, -0.2) is 46.5 Å². The minimum atomic E-state index is -0.0649. The number of anilines is 3. The lowest BCUT2D eigenvalue weighted by Crippen LogP contribution is -2.37. The molecule has 1 aliphatic heterocycles. The molecular weight excluding hydrogens is 552 g/mol. The van der Waals surface area contributed by atoms with E-state index >= 15 is 0 Å². The molecule has 3 aromatic heterocycles. The molecule has 42 heavy (non-hydrogen) atoms. The molecule has 1 N–H and O–H groups in total. The summed E-state index contributed by atoms with van der Waals surface area (Å²) >= 11 is 6.36. The number of hydrogen-bond acceptors (Lipinski definition) is 9. The van der Waals surface area contributed by atoms with E-state index in [9.17, 15) is 0 Å². The average molecular weight is 587 g/mol. The van der Waals surface area contributed by atoms with Crippen LogP contribution in [0.5, 0.6) is 0 Å². The average Bonchev–Trinajstić information content (AvgIpc) is 3.58. The van der Waals surface area contributed by atoms with Crippen LogP contribution in [0.2, 0.25) is 5.02 Å². The molecule has 1 saturated heterocycles. The van der Waals surface area contributed by atoms with Gasteiger partial charge in [0.25, 0.3) is 5.89 Å². The lowest BCUT2D eigenvalue weighted by molar-refractivity contribution is 0.122. The molecule has 218 valence electrons. The number of aryl methyl sites for hydroxylation is 2. The predicted octanol–water partition coefficient (Wildman–Crippen LogP) is 7.47. The van der Waals surface area contributed by atoms with Crippen molar-refractivity contribution in [2.75, 3.05) is 36.5 Å². The summed E-state index contributed by atoms with van der Waals surface area (Å²) in [6, 6.07) is 14.4. The highest BCUT2D eigenvalue weighted by Gasteiger charge is 2.28. The summed E-state index contributed by atoms with van der Waals surface area (Å²) in [6.45, 7) is 13.0. The van der Waals surface area contributed by atoms with Gasteiger partial charge in [-0.1, -0.05) is 55.8 Å². The van der Waals surface area contributed by atoms with Crippen molar-refractivity contribution < 1.29 is 13.6 Å². The summed E-state index contributed by atoms with van der Waals surface area (Å²) in [4.78, 5) is 11.8. The highest BCUT2D eigenvalue weighted by molar-refractivity contribution is 6.31. The monoisotopic (exact) mass is 586 g/mol. The van der Waals surface area contributed by atoms with Gasteiger partial charge in [-0.3, -0.25) is 0 Å². The van der Waals surface area contributed by atoms with E-state index < -0.39 is 0 Å². The number of rotatable bonds is 8. The van der Waals surface area contributed by atoms with Gasteiger partial charge in [0.2, 0.25) is 17.6 Å². The third-order valence-corrected chi connectivity index (χ3v) is 8.00. The largest absolute Gasteiger partial charge is 0.442 e. The van der Waals surface area contributed by atoms with Gasteiger partial charge in [-0.15, -0.1) is 10.2 Å². The quantitative estimate of drug-likeness (QED) is 0.198. The van der Waals surface area contributed by atoms with Crippen molar-refractivity contribution in [1.29, 1.82) is 0 Å². The molecule has 0 amide bonds. The zero-order chi connectivity index (χ0) is 29.4. The van der Waals surface area contributed by atoms with Gasteiger partial charge in [-0.25, -0.2) is 0 Å². The molecule has 0 aliphatic carbocycles. The Hall–Kier alpha value is -3.95. The SMILES string of the molecule is Cc1ccc(Nc2nc(N3CCOCC3)c3c(-c4nnc(C(C)c5ccc(CC(C)C)cc5)o4)c(C)oc3n2)cc1Cl. The van der Waals surface area contributed by atoms with Crippen LogP contribution in [0.15, 0.2) is 51.3 Å². The van der Waals surface area contributed by atoms with Crippen molar-refractivity contribution in [2.24, 2.45) is 5.92 Å². The van der Waals surface area contributed by atoms with Crippen molar-refractivity contribution in [1.82, 2.24) is 20.2 Å². The molecule has 1 atom stereocenters. The van der Waals surface area contributed by atoms with Crippen LogP contribution in [0.3, 0.4) is 0 Å². The fraction of sp³-hybridized carbons (Fsp3) is 0.375. The topological polar surface area (TPSA) is 102 Å². The number of halogens is 1. The second-order valence-electron chi connectivity index (χ2n) is 11.3. The van der Waals surface area contributed by atoms with Crippen LogP contribution < -0.4 is 10.2 Å². The van der Waals surface area contributed by atoms with Crippen LogP contribution in [0, 0.1) is 19.8 Å². The maximum atomic E-state index is 6.36. The Labute approximate surface area is 250 Å². The number of furan rings is 1. The van der Waals surface area contributed by atoms with E-state index in [1.54, 1.807) is 0 Å². The second-order valence-corrected chi connectivity index (χ2v) is 11.7. The van der Waals surface area contributed by atoms with Gasteiger partial charge in [0, 0.05) is 23.8 Å². The van der Waals surface area contributed by atoms with Crippen LogP contribution in [0.25, 0.3) is 22.6 Å². The van der Waals surface area contributed by atoms with Gasteiger partial charge in [0.05, 0.1) is 30.1 Å². The second kappa shape index (κ2) is 11.7. The Morgan fingerprint density at radius 1 is 0.952 bits per heavy atom. The van der Waals surface area contributed by atoms with E-state index in [0.29, 0.717) is 72.0 Å². The first kappa shape index (κ1) is 28.2. The zero-order valence-electron chi connectivity index (χ0n) is 24.6. The van der Waals surface area contributed by atoms with E-state index in [2.05, 4.69) is 65.5 Å². The first-order valence-corrected chi connectivity index (χ1v) is 14.7. The Balaban J connectivity index is 1.37. The van der Waals surface area contributed by atoms with Gasteiger partial charge in [-0.2, -0.15) is 9.97 Å². The van der Waals surface area contributed by atoms with Crippen LogP contribution >= 0.6 is 11.6 Å². The molecule has 2 aromatic carbocycles. The van der Waals surface area contributed by atoms with Gasteiger partial charge < -0.3 is 23.8 Å². The van der Waals surface area contributed by atoms with Crippen molar-refractivity contribution in [3.8, 4) is 11.5 Å². The molecule has 1 fully saturated rings. The summed E-state index contributed by atoms with van der Waals surface area (Å²) in [5.41, 5.74) is 5.37. The Bertz CT molecular complexity index is 1710. The molecule has 4 heterocycles. The molecular formula is C32H35ClN6O3. The molecule has 9 nitrogen and oxygen atoms in total. The first-order valence-electron chi connectivity index (χ1n) is 14.4. The Kier molecular flexibility index (Phi) is 7.88. The normalized spacial score (nSPS) is 14.6. The summed E-state index contributed by atoms with van der Waals surface area (Å²) < 4.78 is 18.1. The van der Waals surface area contributed by atoms with Crippen molar-refractivity contribution >= 4 is 40.2 Å². The Morgan fingerprint density at radius 2 is 1.71 bits per heavy atom. The molecule has 1 aliphatic rings. The molecule has 5 aromatic rings. The standard InChI is InChI=1S/C32H35ClN6O3/c1-18(2)16-22-7-9-23(10-8-22)20(4)29-37-38-31(42-29)26-21(5)41-30-27(26)28(39-12-14-40-15-13-39)35-32(36-30)34-24-11-6-19(3)25(33)17-24/h6-11,17-18,20H,12-16H2,1-5H3,(H,34,35,36). The number of nitrogens with one attached hydrogen (secondary N) is 1. The minimum Gasteiger partial charge on any atom is -0.442 e. The summed E-state index contributed by atoms with van der Waals surface area (Å²) in [6.07, 6.45) is 1.05. The van der Waals surface area contributed by atoms with E-state index in [-0.39, 0.29) is 5.92 Å². The van der Waals surface area contributed by atoms with Gasteiger partial charge in [0.15, 0.2) is 0 Å². The maximum absolute atomic E-state index is 6.36. The highest BCUT2D eigenvalue weighted by Crippen LogP contribution is 2.40. The highest BCUT2D eigenvalue weighted by atomic mass is 35.5. The molecule has 10 heteroatoms. The van der Waals surface area contributed by atoms with E-state index in [1.807, 2.05) is 32.0 Å². The Morgan fingerprint density at radius 3 is 2.43 bits per heavy atom. The van der Waals surface area contributed by atoms with Crippen molar-refractivity contribution in [3.63, 3.8) is 0 Å². The molecule has 0 saturated carbocycles. The van der Waals surface area contributed by atoms with E-state index in [1.165, 1.54) is 5.56 Å². The number of morpholine rings is 1. The minimum absolute atomic E-state index is 0.0649. The van der Waals surface area contributed by atoms with Crippen LogP contribution in [-0.2, 0) is 11.2 Å². The zero-order valence-corrected chi connectivity index (χ0v) is 25.3. The number of ether oxygens (including phenoxy) is 1. The lowest BCUT2D eigenvalue weighted by atomic mass is 9.97. The number of aromatic nitrogens is 4. The number of benzene rings is 2. The van der Waals surface area contributed by atoms with Crippen molar-refractivity contribution in [2.45, 2.75) is 47.0 Å². The smallest absolute Gasteiger partial charge is 0.252 e. The van der Waals surface area contributed by atoms with Gasteiger partial charge >= 0.3 is 0 Å².